The molecule has 204 valence electrons. The fourth-order valence-electron chi connectivity index (χ4n) is 2.94. The van der Waals surface area contributed by atoms with Crippen molar-refractivity contribution in [3.8, 4) is 0 Å². The third-order valence-corrected chi connectivity index (χ3v) is 4.92. The quantitative estimate of drug-likeness (QED) is 0.0743. The van der Waals surface area contributed by atoms with Crippen molar-refractivity contribution in [1.82, 2.24) is 16.0 Å². The van der Waals surface area contributed by atoms with Crippen LogP contribution in [0, 0.1) is 0 Å². The van der Waals surface area contributed by atoms with Gasteiger partial charge in [0.15, 0.2) is 0 Å². The number of carbonyl (C=O) groups is 7. The van der Waals surface area contributed by atoms with E-state index in [4.69, 9.17) is 28.0 Å². The van der Waals surface area contributed by atoms with Crippen LogP contribution in [-0.4, -0.2) is 82.4 Å². The molecule has 0 aliphatic carbocycles. The summed E-state index contributed by atoms with van der Waals surface area (Å²) in [6.45, 7) is 0.277. The van der Waals surface area contributed by atoms with Crippen molar-refractivity contribution in [3.63, 3.8) is 0 Å². The summed E-state index contributed by atoms with van der Waals surface area (Å²) in [7, 11) is 0. The van der Waals surface area contributed by atoms with Gasteiger partial charge in [-0.3, -0.25) is 28.8 Å². The standard InChI is InChI=1S/C20H35N7O9/c21-8-2-1-3-11(18(33)27-13(20(35)36)9-16(30)31)26-19(34)12(5-7-15(24)29)25-17(32)10(22)4-6-14(23)28/h10-13H,1-9,21-22H2,(H2,23,28)(H2,24,29)(H,25,32)(H,26,34)(H,27,33)(H,30,31)(H,35,36). The second-order valence-electron chi connectivity index (χ2n) is 8.02. The number of carbonyl (C=O) groups excluding carboxylic acids is 5. The maximum atomic E-state index is 12.9. The van der Waals surface area contributed by atoms with Gasteiger partial charge in [-0.05, 0) is 38.6 Å². The average Bonchev–Trinajstić information content (AvgIpc) is 2.78. The van der Waals surface area contributed by atoms with Crippen molar-refractivity contribution in [2.75, 3.05) is 6.54 Å². The molecule has 0 rings (SSSR count). The Morgan fingerprint density at radius 2 is 1.14 bits per heavy atom. The van der Waals surface area contributed by atoms with Gasteiger partial charge in [-0.1, -0.05) is 0 Å². The Balaban J connectivity index is 5.58. The number of aliphatic carboxylic acids is 2. The normalized spacial score (nSPS) is 13.9. The topological polar surface area (TPSA) is 300 Å². The Morgan fingerprint density at radius 3 is 1.61 bits per heavy atom. The molecule has 0 saturated carbocycles. The molecule has 4 unspecified atom stereocenters. The Bertz CT molecular complexity index is 821. The highest BCUT2D eigenvalue weighted by atomic mass is 16.4. The molecule has 5 amide bonds. The van der Waals surface area contributed by atoms with Gasteiger partial charge in [-0.2, -0.15) is 0 Å². The molecular weight excluding hydrogens is 482 g/mol. The number of nitrogens with two attached hydrogens (primary N) is 4. The van der Waals surface area contributed by atoms with E-state index in [1.807, 2.05) is 0 Å². The first-order valence-corrected chi connectivity index (χ1v) is 11.2. The molecule has 0 aromatic carbocycles. The summed E-state index contributed by atoms with van der Waals surface area (Å²) in [5.74, 6) is -7.19. The number of hydrogen-bond acceptors (Lipinski definition) is 9. The molecule has 0 heterocycles. The van der Waals surface area contributed by atoms with Gasteiger partial charge in [-0.15, -0.1) is 0 Å². The number of carboxylic acid groups (broad SMARTS) is 2. The van der Waals surface area contributed by atoms with Crippen molar-refractivity contribution in [2.45, 2.75) is 75.5 Å². The van der Waals surface area contributed by atoms with E-state index in [0.29, 0.717) is 12.8 Å². The summed E-state index contributed by atoms with van der Waals surface area (Å²) in [4.78, 5) is 82.3. The van der Waals surface area contributed by atoms with Crippen LogP contribution in [0.2, 0.25) is 0 Å². The van der Waals surface area contributed by atoms with Gasteiger partial charge in [0.05, 0.1) is 12.5 Å². The first-order chi connectivity index (χ1) is 16.8. The molecule has 36 heavy (non-hydrogen) atoms. The van der Waals surface area contributed by atoms with E-state index in [1.54, 1.807) is 0 Å². The molecular formula is C20H35N7O9. The lowest BCUT2D eigenvalue weighted by molar-refractivity contribution is -0.147. The van der Waals surface area contributed by atoms with Crippen molar-refractivity contribution >= 4 is 41.5 Å². The monoisotopic (exact) mass is 517 g/mol. The van der Waals surface area contributed by atoms with Crippen molar-refractivity contribution in [2.24, 2.45) is 22.9 Å². The minimum absolute atomic E-state index is 0.0167. The Labute approximate surface area is 206 Å². The predicted molar refractivity (Wildman–Crippen MR) is 123 cm³/mol. The van der Waals surface area contributed by atoms with Crippen LogP contribution in [0.25, 0.3) is 0 Å². The van der Waals surface area contributed by atoms with E-state index in [2.05, 4.69) is 16.0 Å². The molecule has 13 N–H and O–H groups in total. The number of amides is 5. The molecule has 0 aromatic heterocycles. The molecule has 0 bridgehead atoms. The van der Waals surface area contributed by atoms with Crippen LogP contribution in [-0.2, 0) is 33.6 Å². The zero-order chi connectivity index (χ0) is 27.8. The maximum absolute atomic E-state index is 12.9. The molecule has 16 heteroatoms. The van der Waals surface area contributed by atoms with Crippen LogP contribution in [0.1, 0.15) is 51.4 Å². The number of hydrogen-bond donors (Lipinski definition) is 9. The summed E-state index contributed by atoms with van der Waals surface area (Å²) in [5, 5.41) is 24.8. The number of rotatable bonds is 19. The average molecular weight is 518 g/mol. The second-order valence-corrected chi connectivity index (χ2v) is 8.02. The van der Waals surface area contributed by atoms with E-state index in [-0.39, 0.29) is 38.6 Å². The molecule has 0 saturated heterocycles. The Morgan fingerprint density at radius 1 is 0.667 bits per heavy atom. The predicted octanol–water partition coefficient (Wildman–Crippen LogP) is -4.01. The van der Waals surface area contributed by atoms with Crippen LogP contribution < -0.4 is 38.9 Å². The number of primary amides is 2. The molecule has 0 aliphatic heterocycles. The van der Waals surface area contributed by atoms with Gasteiger partial charge in [0, 0.05) is 12.8 Å². The fraction of sp³-hybridized carbons (Fsp3) is 0.650. The molecule has 16 nitrogen and oxygen atoms in total. The van der Waals surface area contributed by atoms with Gasteiger partial charge < -0.3 is 49.1 Å². The van der Waals surface area contributed by atoms with Crippen LogP contribution in [0.4, 0.5) is 0 Å². The van der Waals surface area contributed by atoms with Crippen LogP contribution in [0.3, 0.4) is 0 Å². The SMILES string of the molecule is NCCCCC(NC(=O)C(CCC(N)=O)NC(=O)C(N)CCC(N)=O)C(=O)NC(CC(=O)O)C(=O)O. The zero-order valence-corrected chi connectivity index (χ0v) is 19.7. The summed E-state index contributed by atoms with van der Waals surface area (Å²) in [5.41, 5.74) is 21.3. The fourth-order valence-corrected chi connectivity index (χ4v) is 2.94. The smallest absolute Gasteiger partial charge is 0.326 e. The maximum Gasteiger partial charge on any atom is 0.326 e. The van der Waals surface area contributed by atoms with Crippen LogP contribution >= 0.6 is 0 Å². The molecule has 0 spiro atoms. The molecule has 0 radical (unpaired) electrons. The molecule has 0 aliphatic rings. The van der Waals surface area contributed by atoms with Crippen molar-refractivity contribution in [1.29, 1.82) is 0 Å². The molecule has 0 aromatic rings. The van der Waals surface area contributed by atoms with Gasteiger partial charge in [0.1, 0.15) is 18.1 Å². The first-order valence-electron chi connectivity index (χ1n) is 11.2. The highest BCUT2D eigenvalue weighted by Gasteiger charge is 2.31. The van der Waals surface area contributed by atoms with Crippen LogP contribution in [0.15, 0.2) is 0 Å². The summed E-state index contributed by atoms with van der Waals surface area (Å²) in [6.07, 6.45) is -0.905. The highest BCUT2D eigenvalue weighted by molar-refractivity contribution is 5.95. The second kappa shape index (κ2) is 16.8. The number of unbranched alkanes of at least 4 members (excludes halogenated alkanes) is 1. The zero-order valence-electron chi connectivity index (χ0n) is 19.7. The van der Waals surface area contributed by atoms with Gasteiger partial charge in [0.25, 0.3) is 0 Å². The first kappa shape index (κ1) is 32.2. The summed E-state index contributed by atoms with van der Waals surface area (Å²) >= 11 is 0. The van der Waals surface area contributed by atoms with Crippen LogP contribution in [0.5, 0.6) is 0 Å². The third-order valence-electron chi connectivity index (χ3n) is 4.92. The third kappa shape index (κ3) is 13.8. The van der Waals surface area contributed by atoms with Gasteiger partial charge in [-0.25, -0.2) is 4.79 Å². The molecule has 0 fully saturated rings. The van der Waals surface area contributed by atoms with Gasteiger partial charge in [0.2, 0.25) is 29.5 Å². The lowest BCUT2D eigenvalue weighted by Gasteiger charge is -2.25. The number of carboxylic acids is 2. The molecule has 4 atom stereocenters. The lowest BCUT2D eigenvalue weighted by Crippen LogP contribution is -2.57. The van der Waals surface area contributed by atoms with Crippen molar-refractivity contribution in [3.05, 3.63) is 0 Å². The van der Waals surface area contributed by atoms with E-state index < -0.39 is 72.1 Å². The number of nitrogens with one attached hydrogen (secondary N) is 3. The van der Waals surface area contributed by atoms with Crippen molar-refractivity contribution < 1.29 is 43.8 Å². The largest absolute Gasteiger partial charge is 0.481 e. The summed E-state index contributed by atoms with van der Waals surface area (Å²) in [6, 6.07) is -5.62. The lowest BCUT2D eigenvalue weighted by atomic mass is 10.0. The minimum atomic E-state index is -1.75. The summed E-state index contributed by atoms with van der Waals surface area (Å²) < 4.78 is 0. The Kier molecular flexibility index (Phi) is 15.0. The van der Waals surface area contributed by atoms with E-state index in [0.717, 1.165) is 0 Å². The van der Waals surface area contributed by atoms with E-state index in [9.17, 15) is 38.7 Å². The van der Waals surface area contributed by atoms with Gasteiger partial charge >= 0.3 is 11.9 Å². The highest BCUT2D eigenvalue weighted by Crippen LogP contribution is 2.06. The Hall–Kier alpha value is -3.79. The van der Waals surface area contributed by atoms with E-state index >= 15 is 0 Å². The minimum Gasteiger partial charge on any atom is -0.481 e. The van der Waals surface area contributed by atoms with E-state index in [1.165, 1.54) is 0 Å².